The van der Waals surface area contributed by atoms with Crippen molar-refractivity contribution in [3.63, 3.8) is 0 Å². The zero-order chi connectivity index (χ0) is 9.44. The number of hydrogen-bond acceptors (Lipinski definition) is 5. The second-order valence-electron chi connectivity index (χ2n) is 1.52. The smallest absolute Gasteiger partial charge is 0.0905 e. The van der Waals surface area contributed by atoms with Crippen LogP contribution in [0.3, 0.4) is 0 Å². The van der Waals surface area contributed by atoms with Gasteiger partial charge in [-0.15, -0.1) is 0 Å². The van der Waals surface area contributed by atoms with Crippen molar-refractivity contribution < 1.29 is 24.9 Å². The molecule has 0 saturated heterocycles. The summed E-state index contributed by atoms with van der Waals surface area (Å²) in [7, 11) is 0. The van der Waals surface area contributed by atoms with Gasteiger partial charge in [0, 0.05) is 0 Å². The van der Waals surface area contributed by atoms with Crippen molar-refractivity contribution in [1.29, 1.82) is 0 Å². The first-order valence-corrected chi connectivity index (χ1v) is 2.64. The zero-order valence-electron chi connectivity index (χ0n) is 5.94. The molecule has 0 aromatic heterocycles. The second kappa shape index (κ2) is 6.76. The van der Waals surface area contributed by atoms with Crippen LogP contribution in [-0.4, -0.2) is 23.1 Å². The molecule has 1 atom stereocenters. The monoisotopic (exact) mass is 160 g/mol. The van der Waals surface area contributed by atoms with E-state index in [4.69, 9.17) is 15.0 Å². The average molecular weight is 160 g/mol. The van der Waals surface area contributed by atoms with Crippen molar-refractivity contribution in [2.24, 2.45) is 0 Å². The second-order valence-corrected chi connectivity index (χ2v) is 1.52. The third kappa shape index (κ3) is 17.7. The fourth-order valence-electron chi connectivity index (χ4n) is 0. The predicted molar refractivity (Wildman–Crippen MR) is 31.9 cm³/mol. The predicted octanol–water partition coefficient (Wildman–Crippen LogP) is -2.96. The van der Waals surface area contributed by atoms with Crippen LogP contribution in [0.25, 0.3) is 0 Å². The number of aliphatic carboxylic acids is 2. The van der Waals surface area contributed by atoms with Gasteiger partial charge in [-0.2, -0.15) is 0 Å². The van der Waals surface area contributed by atoms with Crippen LogP contribution in [0.4, 0.5) is 0 Å². The molecule has 0 spiro atoms. The van der Waals surface area contributed by atoms with Crippen LogP contribution >= 0.6 is 0 Å². The average Bonchev–Trinajstić information content (AvgIpc) is 1.89. The molecule has 1 unspecified atom stereocenters. The van der Waals surface area contributed by atoms with E-state index in [0.29, 0.717) is 0 Å². The molecule has 0 aliphatic carbocycles. The van der Waals surface area contributed by atoms with E-state index in [1.807, 2.05) is 0 Å². The Morgan fingerprint density at radius 1 is 1.55 bits per heavy atom. The van der Waals surface area contributed by atoms with Crippen LogP contribution in [0.2, 0.25) is 0 Å². The number of aliphatic hydroxyl groups is 1. The number of hydrogen-bond donors (Lipinski definition) is 1. The number of carboxylic acid groups (broad SMARTS) is 2. The molecule has 5 nitrogen and oxygen atoms in total. The van der Waals surface area contributed by atoms with Crippen molar-refractivity contribution in [3.8, 4) is 0 Å². The number of aliphatic hydroxyl groups excluding tert-OH is 1. The largest absolute Gasteiger partial charge is 0.547 e. The van der Waals surface area contributed by atoms with Crippen molar-refractivity contribution in [3.05, 3.63) is 12.7 Å². The number of carboxylic acids is 2. The highest BCUT2D eigenvalue weighted by molar-refractivity contribution is 5.76. The Labute approximate surface area is 63.6 Å². The quantitative estimate of drug-likeness (QED) is 0.435. The van der Waals surface area contributed by atoms with Crippen LogP contribution in [0.1, 0.15) is 6.92 Å². The fourth-order valence-corrected chi connectivity index (χ4v) is 0. The first-order valence-electron chi connectivity index (χ1n) is 2.64. The normalized spacial score (nSPS) is 10.4. The Bertz CT molecular complexity index is 149. The van der Waals surface area contributed by atoms with E-state index in [0.717, 1.165) is 13.0 Å². The van der Waals surface area contributed by atoms with E-state index in [9.17, 15) is 9.90 Å². The van der Waals surface area contributed by atoms with Gasteiger partial charge in [-0.05, 0) is 13.0 Å². The van der Waals surface area contributed by atoms with Gasteiger partial charge in [0.05, 0.1) is 18.0 Å². The van der Waals surface area contributed by atoms with Crippen LogP contribution in [0, 0.1) is 0 Å². The molecule has 5 heteroatoms. The first kappa shape index (κ1) is 12.3. The molecule has 64 valence electrons. The van der Waals surface area contributed by atoms with E-state index in [1.165, 1.54) is 0 Å². The van der Waals surface area contributed by atoms with Crippen molar-refractivity contribution in [2.45, 2.75) is 13.0 Å². The summed E-state index contributed by atoms with van der Waals surface area (Å²) < 4.78 is 0. The van der Waals surface area contributed by atoms with E-state index in [2.05, 4.69) is 6.58 Å². The minimum atomic E-state index is -1.44. The molecule has 0 aliphatic rings. The van der Waals surface area contributed by atoms with Crippen molar-refractivity contribution in [2.75, 3.05) is 0 Å². The summed E-state index contributed by atoms with van der Waals surface area (Å²) in [5, 5.41) is 26.4. The summed E-state index contributed by atoms with van der Waals surface area (Å²) in [5.41, 5.74) is 0. The Morgan fingerprint density at radius 3 is 1.73 bits per heavy atom. The van der Waals surface area contributed by atoms with Crippen LogP contribution < -0.4 is 10.2 Å². The highest BCUT2D eigenvalue weighted by Gasteiger charge is 1.89. The summed E-state index contributed by atoms with van der Waals surface area (Å²) in [6.45, 7) is 4.03. The molecule has 0 saturated carbocycles. The lowest BCUT2D eigenvalue weighted by molar-refractivity contribution is -0.314. The van der Waals surface area contributed by atoms with Gasteiger partial charge in [0.2, 0.25) is 0 Å². The summed E-state index contributed by atoms with van der Waals surface area (Å²) >= 11 is 0. The van der Waals surface area contributed by atoms with Crippen LogP contribution in [0.15, 0.2) is 12.7 Å². The molecule has 0 heterocycles. The molecule has 0 fully saturated rings. The Morgan fingerprint density at radius 2 is 1.73 bits per heavy atom. The standard InChI is InChI=1S/C3H6O3.C3H4O2/c1-2(4)3(5)6;1-2-3(4)5/h2,4H,1H3,(H,5,6);2H,1H2,(H,4,5)/p-2. The van der Waals surface area contributed by atoms with E-state index < -0.39 is 18.0 Å². The van der Waals surface area contributed by atoms with Crippen molar-refractivity contribution >= 4 is 11.9 Å². The highest BCUT2D eigenvalue weighted by atomic mass is 16.4. The minimum Gasteiger partial charge on any atom is -0.547 e. The van der Waals surface area contributed by atoms with Gasteiger partial charge >= 0.3 is 0 Å². The molecule has 0 aromatic carbocycles. The molecule has 0 aliphatic heterocycles. The Balaban J connectivity index is 0. The minimum absolute atomic E-state index is 0.722. The molecular formula is C6H8O5-2. The lowest BCUT2D eigenvalue weighted by atomic mass is 10.4. The molecule has 0 radical (unpaired) electrons. The lowest BCUT2D eigenvalue weighted by Crippen LogP contribution is -2.32. The number of rotatable bonds is 2. The van der Waals surface area contributed by atoms with Gasteiger partial charge in [0.25, 0.3) is 0 Å². The first-order chi connectivity index (χ1) is 4.91. The molecule has 1 N–H and O–H groups in total. The lowest BCUT2D eigenvalue weighted by Gasteiger charge is -2.00. The maximum atomic E-state index is 9.34. The zero-order valence-corrected chi connectivity index (χ0v) is 5.94. The SMILES string of the molecule is C=CC(=O)[O-].CC(O)C(=O)[O-]. The van der Waals surface area contributed by atoms with Gasteiger partial charge in [-0.3, -0.25) is 0 Å². The third-order valence-electron chi connectivity index (χ3n) is 0.508. The summed E-state index contributed by atoms with van der Waals surface area (Å²) in [5.74, 6) is -2.67. The Kier molecular flexibility index (Phi) is 7.57. The number of carbonyl (C=O) groups is 2. The van der Waals surface area contributed by atoms with Gasteiger partial charge in [0.1, 0.15) is 0 Å². The highest BCUT2D eigenvalue weighted by Crippen LogP contribution is 1.69. The summed E-state index contributed by atoms with van der Waals surface area (Å²) in [4.78, 5) is 18.5. The molecule has 11 heavy (non-hydrogen) atoms. The molecule has 0 aromatic rings. The molecule has 0 amide bonds. The number of carbonyl (C=O) groups excluding carboxylic acids is 2. The molecular weight excluding hydrogens is 152 g/mol. The summed E-state index contributed by atoms with van der Waals surface area (Å²) in [6, 6.07) is 0. The maximum absolute atomic E-state index is 9.34. The van der Waals surface area contributed by atoms with Crippen LogP contribution in [-0.2, 0) is 9.59 Å². The van der Waals surface area contributed by atoms with Crippen LogP contribution in [0.5, 0.6) is 0 Å². The van der Waals surface area contributed by atoms with E-state index in [-0.39, 0.29) is 0 Å². The van der Waals surface area contributed by atoms with Gasteiger partial charge in [0.15, 0.2) is 0 Å². The van der Waals surface area contributed by atoms with Gasteiger partial charge < -0.3 is 24.9 Å². The van der Waals surface area contributed by atoms with Gasteiger partial charge in [-0.1, -0.05) is 6.58 Å². The molecule has 0 rings (SSSR count). The summed E-state index contributed by atoms with van der Waals surface area (Å²) in [6.07, 6.45) is -0.620. The molecule has 0 bridgehead atoms. The van der Waals surface area contributed by atoms with E-state index in [1.54, 1.807) is 0 Å². The maximum Gasteiger partial charge on any atom is 0.0905 e. The third-order valence-corrected chi connectivity index (χ3v) is 0.508. The topological polar surface area (TPSA) is 100 Å². The van der Waals surface area contributed by atoms with E-state index >= 15 is 0 Å². The Hall–Kier alpha value is -1.36. The van der Waals surface area contributed by atoms with Gasteiger partial charge in [-0.25, -0.2) is 0 Å². The van der Waals surface area contributed by atoms with Crippen molar-refractivity contribution in [1.82, 2.24) is 0 Å². The fraction of sp³-hybridized carbons (Fsp3) is 0.333.